The van der Waals surface area contributed by atoms with Crippen LogP contribution in [0.5, 0.6) is 5.75 Å². The number of hydrogen-bond acceptors (Lipinski definition) is 4. The van der Waals surface area contributed by atoms with Crippen molar-refractivity contribution >= 4 is 15.9 Å². The van der Waals surface area contributed by atoms with Crippen LogP contribution in [-0.2, 0) is 14.8 Å². The molecule has 0 bridgehead atoms. The number of nitrogens with one attached hydrogen (secondary N) is 2. The van der Waals surface area contributed by atoms with Gasteiger partial charge in [-0.2, -0.15) is 0 Å². The van der Waals surface area contributed by atoms with Crippen molar-refractivity contribution in [1.82, 2.24) is 10.0 Å². The fourth-order valence-electron chi connectivity index (χ4n) is 1.48. The summed E-state index contributed by atoms with van der Waals surface area (Å²) in [5, 5.41) is 2.51. The summed E-state index contributed by atoms with van der Waals surface area (Å²) < 4.78 is 31.7. The zero-order valence-corrected chi connectivity index (χ0v) is 12.7. The average molecular weight is 300 g/mol. The first-order valence-corrected chi connectivity index (χ1v) is 7.80. The standard InChI is InChI=1S/C13H20N2O4S/c1-10(2)19-12-4-6-13(7-5-12)20(17,18)15-9-8-14-11(3)16/h4-7,10,15H,8-9H2,1-3H3,(H,14,16). The number of hydrogen-bond donors (Lipinski definition) is 2. The van der Waals surface area contributed by atoms with Crippen LogP contribution in [-0.4, -0.2) is 33.5 Å². The van der Waals surface area contributed by atoms with E-state index in [4.69, 9.17) is 4.74 Å². The highest BCUT2D eigenvalue weighted by Crippen LogP contribution is 2.16. The summed E-state index contributed by atoms with van der Waals surface area (Å²) in [5.74, 6) is 0.427. The molecular weight excluding hydrogens is 280 g/mol. The van der Waals surface area contributed by atoms with Crippen molar-refractivity contribution in [3.63, 3.8) is 0 Å². The van der Waals surface area contributed by atoms with Gasteiger partial charge in [0.2, 0.25) is 15.9 Å². The van der Waals surface area contributed by atoms with Crippen LogP contribution < -0.4 is 14.8 Å². The van der Waals surface area contributed by atoms with E-state index >= 15 is 0 Å². The molecule has 0 aliphatic heterocycles. The maximum absolute atomic E-state index is 11.9. The van der Waals surface area contributed by atoms with Crippen molar-refractivity contribution in [2.45, 2.75) is 31.8 Å². The normalized spacial score (nSPS) is 11.4. The van der Waals surface area contributed by atoms with E-state index in [9.17, 15) is 13.2 Å². The molecule has 0 aromatic heterocycles. The van der Waals surface area contributed by atoms with E-state index in [0.29, 0.717) is 5.75 Å². The van der Waals surface area contributed by atoms with Crippen LogP contribution in [0.2, 0.25) is 0 Å². The van der Waals surface area contributed by atoms with Crippen LogP contribution in [0.3, 0.4) is 0 Å². The van der Waals surface area contributed by atoms with Gasteiger partial charge in [-0.05, 0) is 38.1 Å². The van der Waals surface area contributed by atoms with Crippen LogP contribution >= 0.6 is 0 Å². The lowest BCUT2D eigenvalue weighted by molar-refractivity contribution is -0.118. The van der Waals surface area contributed by atoms with Crippen LogP contribution in [0, 0.1) is 0 Å². The van der Waals surface area contributed by atoms with Crippen molar-refractivity contribution in [3.8, 4) is 5.75 Å². The molecule has 0 atom stereocenters. The lowest BCUT2D eigenvalue weighted by Gasteiger charge is -2.11. The summed E-state index contributed by atoms with van der Waals surface area (Å²) >= 11 is 0. The summed E-state index contributed by atoms with van der Waals surface area (Å²) in [7, 11) is -3.56. The molecule has 1 aromatic rings. The molecule has 112 valence electrons. The molecule has 0 unspecified atom stereocenters. The summed E-state index contributed by atoms with van der Waals surface area (Å²) in [4.78, 5) is 10.8. The van der Waals surface area contributed by atoms with Crippen molar-refractivity contribution in [1.29, 1.82) is 0 Å². The number of carbonyl (C=O) groups excluding carboxylic acids is 1. The molecule has 1 amide bonds. The SMILES string of the molecule is CC(=O)NCCNS(=O)(=O)c1ccc(OC(C)C)cc1. The Morgan fingerprint density at radius 1 is 1.20 bits per heavy atom. The third-order valence-electron chi connectivity index (χ3n) is 2.30. The quantitative estimate of drug-likeness (QED) is 0.732. The maximum Gasteiger partial charge on any atom is 0.240 e. The Balaban J connectivity index is 2.61. The molecule has 0 radical (unpaired) electrons. The Morgan fingerprint density at radius 2 is 1.80 bits per heavy atom. The Kier molecular flexibility index (Phi) is 5.97. The van der Waals surface area contributed by atoms with Gasteiger partial charge in [0.15, 0.2) is 0 Å². The second-order valence-corrected chi connectivity index (χ2v) is 6.29. The first kappa shape index (κ1) is 16.5. The number of rotatable bonds is 7. The molecule has 20 heavy (non-hydrogen) atoms. The fraction of sp³-hybridized carbons (Fsp3) is 0.462. The molecule has 1 aromatic carbocycles. The van der Waals surface area contributed by atoms with Crippen LogP contribution in [0.15, 0.2) is 29.2 Å². The monoisotopic (exact) mass is 300 g/mol. The minimum absolute atomic E-state index is 0.0354. The van der Waals surface area contributed by atoms with Crippen molar-refractivity contribution in [2.75, 3.05) is 13.1 Å². The van der Waals surface area contributed by atoms with Gasteiger partial charge in [0, 0.05) is 20.0 Å². The van der Waals surface area contributed by atoms with E-state index in [1.807, 2.05) is 13.8 Å². The van der Waals surface area contributed by atoms with E-state index in [-0.39, 0.29) is 30.0 Å². The lowest BCUT2D eigenvalue weighted by Crippen LogP contribution is -2.33. The van der Waals surface area contributed by atoms with Gasteiger partial charge >= 0.3 is 0 Å². The summed E-state index contributed by atoms with van der Waals surface area (Å²) in [5.41, 5.74) is 0. The highest BCUT2D eigenvalue weighted by Gasteiger charge is 2.13. The third-order valence-corrected chi connectivity index (χ3v) is 3.77. The van der Waals surface area contributed by atoms with E-state index in [2.05, 4.69) is 10.0 Å². The predicted octanol–water partition coefficient (Wildman–Crippen LogP) is 0.888. The van der Waals surface area contributed by atoms with Gasteiger partial charge in [0.25, 0.3) is 0 Å². The average Bonchev–Trinajstić information content (AvgIpc) is 2.34. The highest BCUT2D eigenvalue weighted by molar-refractivity contribution is 7.89. The molecule has 0 spiro atoms. The molecular formula is C13H20N2O4S. The van der Waals surface area contributed by atoms with Gasteiger partial charge in [-0.3, -0.25) is 4.79 Å². The molecule has 0 fully saturated rings. The number of ether oxygens (including phenoxy) is 1. The number of amides is 1. The van der Waals surface area contributed by atoms with Crippen LogP contribution in [0.1, 0.15) is 20.8 Å². The molecule has 7 heteroatoms. The smallest absolute Gasteiger partial charge is 0.240 e. The molecule has 0 aliphatic rings. The van der Waals surface area contributed by atoms with Gasteiger partial charge in [-0.15, -0.1) is 0 Å². The number of benzene rings is 1. The first-order chi connectivity index (χ1) is 9.31. The molecule has 0 saturated carbocycles. The van der Waals surface area contributed by atoms with E-state index in [1.54, 1.807) is 12.1 Å². The maximum atomic E-state index is 11.9. The van der Waals surface area contributed by atoms with Gasteiger partial charge in [0.1, 0.15) is 5.75 Å². The number of sulfonamides is 1. The second kappa shape index (κ2) is 7.25. The zero-order valence-electron chi connectivity index (χ0n) is 11.8. The Hall–Kier alpha value is -1.60. The molecule has 1 rings (SSSR count). The van der Waals surface area contributed by atoms with E-state index in [1.165, 1.54) is 19.1 Å². The topological polar surface area (TPSA) is 84.5 Å². The first-order valence-electron chi connectivity index (χ1n) is 6.32. The van der Waals surface area contributed by atoms with Gasteiger partial charge in [-0.1, -0.05) is 0 Å². The molecule has 2 N–H and O–H groups in total. The predicted molar refractivity (Wildman–Crippen MR) is 76.1 cm³/mol. The molecule has 0 heterocycles. The molecule has 0 aliphatic carbocycles. The van der Waals surface area contributed by atoms with Crippen LogP contribution in [0.25, 0.3) is 0 Å². The minimum atomic E-state index is -3.56. The molecule has 6 nitrogen and oxygen atoms in total. The second-order valence-electron chi connectivity index (χ2n) is 4.52. The lowest BCUT2D eigenvalue weighted by atomic mass is 10.3. The van der Waals surface area contributed by atoms with Gasteiger partial charge in [-0.25, -0.2) is 13.1 Å². The highest BCUT2D eigenvalue weighted by atomic mass is 32.2. The van der Waals surface area contributed by atoms with Crippen molar-refractivity contribution in [2.24, 2.45) is 0 Å². The van der Waals surface area contributed by atoms with Gasteiger partial charge in [0.05, 0.1) is 11.0 Å². The van der Waals surface area contributed by atoms with Crippen molar-refractivity contribution < 1.29 is 17.9 Å². The summed E-state index contributed by atoms with van der Waals surface area (Å²) in [6.07, 6.45) is 0.0354. The van der Waals surface area contributed by atoms with Gasteiger partial charge < -0.3 is 10.1 Å². The zero-order chi connectivity index (χ0) is 15.2. The Morgan fingerprint density at radius 3 is 2.30 bits per heavy atom. The van der Waals surface area contributed by atoms with Crippen LogP contribution in [0.4, 0.5) is 0 Å². The van der Waals surface area contributed by atoms with E-state index < -0.39 is 10.0 Å². The largest absolute Gasteiger partial charge is 0.491 e. The van der Waals surface area contributed by atoms with Crippen molar-refractivity contribution in [3.05, 3.63) is 24.3 Å². The Bertz CT molecular complexity index is 538. The third kappa shape index (κ3) is 5.58. The van der Waals surface area contributed by atoms with E-state index in [0.717, 1.165) is 0 Å². The Labute approximate surface area is 119 Å². The minimum Gasteiger partial charge on any atom is -0.491 e. The summed E-state index contributed by atoms with van der Waals surface area (Å²) in [6, 6.07) is 6.20. The summed E-state index contributed by atoms with van der Waals surface area (Å²) in [6.45, 7) is 5.57. The fourth-order valence-corrected chi connectivity index (χ4v) is 2.51. The number of carbonyl (C=O) groups is 1. The molecule has 0 saturated heterocycles.